The van der Waals surface area contributed by atoms with E-state index in [1.165, 1.54) is 30.3 Å². The van der Waals surface area contributed by atoms with Crippen LogP contribution in [0.15, 0.2) is 46.2 Å². The molecule has 0 amide bonds. The molecule has 0 atom stereocenters. The van der Waals surface area contributed by atoms with E-state index in [0.29, 0.717) is 24.6 Å². The predicted octanol–water partition coefficient (Wildman–Crippen LogP) is -0.256. The van der Waals surface area contributed by atoms with E-state index < -0.39 is 22.4 Å². The quantitative estimate of drug-likeness (QED) is 0.663. The van der Waals surface area contributed by atoms with E-state index in [1.807, 2.05) is 13.8 Å². The smallest absolute Gasteiger partial charge is 0.537 e. The zero-order chi connectivity index (χ0) is 17.7. The molecule has 0 unspecified atom stereocenters. The van der Waals surface area contributed by atoms with Gasteiger partial charge in [-0.2, -0.15) is 0 Å². The highest BCUT2D eigenvalue weighted by molar-refractivity contribution is 7.91. The molecule has 2 aromatic rings. The summed E-state index contributed by atoms with van der Waals surface area (Å²) in [5.74, 6) is 0.307. The number of sulfone groups is 1. The summed E-state index contributed by atoms with van der Waals surface area (Å²) in [6, 6.07) is 8.76. The SMILES string of the molecule is CC1(C)c2cc(O[B]O)ccc2S(=O)(=O)c2ccc(B(O)O)cc21. The highest BCUT2D eigenvalue weighted by Crippen LogP contribution is 2.46. The van der Waals surface area contributed by atoms with Crippen molar-refractivity contribution in [3.05, 3.63) is 47.5 Å². The van der Waals surface area contributed by atoms with Crippen LogP contribution in [0.5, 0.6) is 5.75 Å². The second-order valence-electron chi connectivity index (χ2n) is 6.14. The number of benzene rings is 2. The topological polar surface area (TPSA) is 104 Å². The van der Waals surface area contributed by atoms with Gasteiger partial charge in [-0.25, -0.2) is 8.42 Å². The Bertz CT molecular complexity index is 908. The van der Waals surface area contributed by atoms with Crippen molar-refractivity contribution in [3.8, 4) is 5.75 Å². The van der Waals surface area contributed by atoms with Gasteiger partial charge in [-0.1, -0.05) is 26.0 Å². The maximum atomic E-state index is 12.9. The third-order valence-corrected chi connectivity index (χ3v) is 6.24. The summed E-state index contributed by atoms with van der Waals surface area (Å²) in [4.78, 5) is 0.314. The fourth-order valence-electron chi connectivity index (χ4n) is 3.06. The summed E-state index contributed by atoms with van der Waals surface area (Å²) < 4.78 is 30.8. The van der Waals surface area contributed by atoms with Gasteiger partial charge < -0.3 is 19.7 Å². The molecule has 3 rings (SSSR count). The van der Waals surface area contributed by atoms with Gasteiger partial charge in [0.25, 0.3) is 0 Å². The number of rotatable bonds is 3. The van der Waals surface area contributed by atoms with Crippen LogP contribution in [0.25, 0.3) is 0 Å². The monoisotopic (exact) mass is 345 g/mol. The van der Waals surface area contributed by atoms with Crippen LogP contribution in [0, 0.1) is 0 Å². The molecule has 0 fully saturated rings. The zero-order valence-corrected chi connectivity index (χ0v) is 13.9. The minimum atomic E-state index is -3.74. The average Bonchev–Trinajstić information content (AvgIpc) is 2.53. The van der Waals surface area contributed by atoms with E-state index in [2.05, 4.69) is 0 Å². The third kappa shape index (κ3) is 2.44. The molecule has 1 aliphatic heterocycles. The summed E-state index contributed by atoms with van der Waals surface area (Å²) in [5.41, 5.74) is 0.497. The van der Waals surface area contributed by atoms with Crippen LogP contribution in [0.4, 0.5) is 0 Å². The van der Waals surface area contributed by atoms with Crippen LogP contribution in [0.3, 0.4) is 0 Å². The largest absolute Gasteiger partial charge is 0.569 e. The number of hydrogen-bond donors (Lipinski definition) is 3. The molecule has 0 bridgehead atoms. The second-order valence-corrected chi connectivity index (χ2v) is 8.03. The first-order valence-corrected chi connectivity index (χ1v) is 8.70. The molecular formula is C15H15B2O6S. The molecule has 123 valence electrons. The molecule has 2 aromatic carbocycles. The summed E-state index contributed by atoms with van der Waals surface area (Å²) in [5, 5.41) is 27.6. The molecule has 0 spiro atoms. The van der Waals surface area contributed by atoms with Gasteiger partial charge in [0.15, 0.2) is 0 Å². The zero-order valence-electron chi connectivity index (χ0n) is 13.1. The van der Waals surface area contributed by atoms with Crippen LogP contribution < -0.4 is 10.1 Å². The van der Waals surface area contributed by atoms with Gasteiger partial charge in [-0.05, 0) is 40.9 Å². The normalized spacial score (nSPS) is 16.7. The van der Waals surface area contributed by atoms with Gasteiger partial charge in [0.2, 0.25) is 9.84 Å². The fourth-order valence-corrected chi connectivity index (χ4v) is 5.00. The van der Waals surface area contributed by atoms with E-state index >= 15 is 0 Å². The Morgan fingerprint density at radius 2 is 1.62 bits per heavy atom. The minimum Gasteiger partial charge on any atom is -0.537 e. The van der Waals surface area contributed by atoms with Crippen molar-refractivity contribution in [1.82, 2.24) is 0 Å². The summed E-state index contributed by atoms with van der Waals surface area (Å²) in [6.07, 6.45) is 0. The molecule has 0 saturated carbocycles. The van der Waals surface area contributed by atoms with Crippen molar-refractivity contribution in [2.75, 3.05) is 0 Å². The average molecular weight is 345 g/mol. The van der Waals surface area contributed by atoms with Crippen LogP contribution in [0.1, 0.15) is 25.0 Å². The van der Waals surface area contributed by atoms with Crippen molar-refractivity contribution >= 4 is 30.1 Å². The Balaban J connectivity index is 2.31. The van der Waals surface area contributed by atoms with E-state index in [4.69, 9.17) is 9.68 Å². The molecule has 9 heteroatoms. The van der Waals surface area contributed by atoms with Crippen LogP contribution in [0.2, 0.25) is 0 Å². The van der Waals surface area contributed by atoms with Gasteiger partial charge >= 0.3 is 14.8 Å². The Labute approximate surface area is 141 Å². The standard InChI is InChI=1S/C15H15B2O6S/c1-15(2)11-7-9(17(19)20)3-5-13(11)24(21,22)14-6-4-10(23-16-18)8-12(14)15/h3-8,18-20H,1-2H3. The fraction of sp³-hybridized carbons (Fsp3) is 0.200. The lowest BCUT2D eigenvalue weighted by Gasteiger charge is -2.35. The summed E-state index contributed by atoms with van der Waals surface area (Å²) in [6.45, 7) is 3.69. The molecule has 0 saturated heterocycles. The molecule has 0 aliphatic carbocycles. The van der Waals surface area contributed by atoms with Crippen molar-refractivity contribution in [2.45, 2.75) is 29.1 Å². The van der Waals surface area contributed by atoms with Crippen LogP contribution in [-0.2, 0) is 15.3 Å². The second kappa shape index (κ2) is 5.63. The van der Waals surface area contributed by atoms with E-state index in [1.54, 1.807) is 6.07 Å². The minimum absolute atomic E-state index is 0.145. The lowest BCUT2D eigenvalue weighted by Crippen LogP contribution is -2.35. The molecule has 1 radical (unpaired) electrons. The predicted molar refractivity (Wildman–Crippen MR) is 88.9 cm³/mol. The lowest BCUT2D eigenvalue weighted by atomic mass is 9.73. The van der Waals surface area contributed by atoms with Gasteiger partial charge in [-0.3, -0.25) is 0 Å². The lowest BCUT2D eigenvalue weighted by molar-refractivity contribution is 0.425. The van der Waals surface area contributed by atoms with Crippen molar-refractivity contribution < 1.29 is 28.1 Å². The highest BCUT2D eigenvalue weighted by atomic mass is 32.2. The van der Waals surface area contributed by atoms with E-state index in [0.717, 1.165) is 0 Å². The Morgan fingerprint density at radius 1 is 1.04 bits per heavy atom. The van der Waals surface area contributed by atoms with Gasteiger partial charge in [0.1, 0.15) is 5.75 Å². The third-order valence-electron chi connectivity index (χ3n) is 4.37. The number of hydrogen-bond acceptors (Lipinski definition) is 6. The highest BCUT2D eigenvalue weighted by Gasteiger charge is 2.41. The summed E-state index contributed by atoms with van der Waals surface area (Å²) in [7, 11) is -4.90. The summed E-state index contributed by atoms with van der Waals surface area (Å²) >= 11 is 0. The van der Waals surface area contributed by atoms with Gasteiger partial charge in [0.05, 0.1) is 9.79 Å². The van der Waals surface area contributed by atoms with E-state index in [-0.39, 0.29) is 15.3 Å². The Morgan fingerprint density at radius 3 is 2.21 bits per heavy atom. The maximum Gasteiger partial charge on any atom is 0.569 e. The van der Waals surface area contributed by atoms with Crippen molar-refractivity contribution in [2.24, 2.45) is 0 Å². The molecule has 0 aromatic heterocycles. The van der Waals surface area contributed by atoms with Crippen molar-refractivity contribution in [1.29, 1.82) is 0 Å². The molecule has 6 nitrogen and oxygen atoms in total. The van der Waals surface area contributed by atoms with Crippen LogP contribution >= 0.6 is 0 Å². The first kappa shape index (κ1) is 17.0. The molecule has 1 aliphatic rings. The molecular weight excluding hydrogens is 330 g/mol. The van der Waals surface area contributed by atoms with Gasteiger partial charge in [0, 0.05) is 5.41 Å². The Hall–Kier alpha value is -1.80. The molecule has 24 heavy (non-hydrogen) atoms. The number of fused-ring (bicyclic) bond motifs is 2. The van der Waals surface area contributed by atoms with Crippen LogP contribution in [-0.4, -0.2) is 38.3 Å². The first-order valence-electron chi connectivity index (χ1n) is 7.22. The van der Waals surface area contributed by atoms with E-state index in [9.17, 15) is 18.5 Å². The van der Waals surface area contributed by atoms with Gasteiger partial charge in [-0.15, -0.1) is 0 Å². The van der Waals surface area contributed by atoms with Crippen molar-refractivity contribution in [3.63, 3.8) is 0 Å². The maximum absolute atomic E-state index is 12.9. The molecule has 3 N–H and O–H groups in total. The molecule has 1 heterocycles. The Kier molecular flexibility index (Phi) is 4.00. The first-order chi connectivity index (χ1) is 11.2.